The van der Waals surface area contributed by atoms with Crippen molar-refractivity contribution in [1.82, 2.24) is 15.8 Å². The molecular formula is C16H23N3O3. The van der Waals surface area contributed by atoms with Crippen LogP contribution in [0.15, 0.2) is 4.52 Å². The first-order chi connectivity index (χ1) is 10.6. The number of hydrogen-bond donors (Lipinski definition) is 2. The van der Waals surface area contributed by atoms with E-state index in [4.69, 9.17) is 9.26 Å². The van der Waals surface area contributed by atoms with Crippen LogP contribution in [0.1, 0.15) is 42.7 Å². The van der Waals surface area contributed by atoms with Crippen molar-refractivity contribution in [2.45, 2.75) is 58.2 Å². The maximum Gasteiger partial charge on any atom is 0.315 e. The molecule has 1 aromatic rings. The Morgan fingerprint density at radius 2 is 2.23 bits per heavy atom. The molecule has 1 aliphatic heterocycles. The standard InChI is InChI=1S/C16H23N3O3/c1-9-12(10(2)22-19-9)8-17-15(20)18-13-11-4-7-21-14(11)16(13)5-3-6-16/h11,13-14H,3-8H2,1-2H3,(H2,17,18,20). The minimum atomic E-state index is -0.0957. The Labute approximate surface area is 129 Å². The van der Waals surface area contributed by atoms with E-state index in [0.717, 1.165) is 30.0 Å². The first-order valence-corrected chi connectivity index (χ1v) is 8.19. The molecule has 3 aliphatic rings. The van der Waals surface area contributed by atoms with E-state index in [0.29, 0.717) is 18.6 Å². The second-order valence-electron chi connectivity index (χ2n) is 6.94. The second kappa shape index (κ2) is 4.98. The Hall–Kier alpha value is -1.56. The first-order valence-electron chi connectivity index (χ1n) is 8.19. The summed E-state index contributed by atoms with van der Waals surface area (Å²) in [5, 5.41) is 10.0. The van der Waals surface area contributed by atoms with Gasteiger partial charge in [0.2, 0.25) is 0 Å². The van der Waals surface area contributed by atoms with Crippen LogP contribution in [-0.2, 0) is 11.3 Å². The van der Waals surface area contributed by atoms with Gasteiger partial charge in [0.1, 0.15) is 5.76 Å². The Balaban J connectivity index is 1.36. The van der Waals surface area contributed by atoms with Crippen molar-refractivity contribution in [1.29, 1.82) is 0 Å². The highest BCUT2D eigenvalue weighted by atomic mass is 16.5. The van der Waals surface area contributed by atoms with Gasteiger partial charge in [0.05, 0.1) is 11.8 Å². The second-order valence-corrected chi connectivity index (χ2v) is 6.94. The first kappa shape index (κ1) is 14.1. The SMILES string of the molecule is Cc1noc(C)c1CNC(=O)NC1C2CCOC2C12CCC2. The van der Waals surface area contributed by atoms with Gasteiger partial charge in [0.15, 0.2) is 0 Å². The van der Waals surface area contributed by atoms with Crippen molar-refractivity contribution in [2.75, 3.05) is 6.61 Å². The van der Waals surface area contributed by atoms with Crippen molar-refractivity contribution < 1.29 is 14.1 Å². The number of hydrogen-bond acceptors (Lipinski definition) is 4. The zero-order valence-corrected chi connectivity index (χ0v) is 13.1. The van der Waals surface area contributed by atoms with Crippen molar-refractivity contribution in [3.05, 3.63) is 17.0 Å². The summed E-state index contributed by atoms with van der Waals surface area (Å²) in [7, 11) is 0. The lowest BCUT2D eigenvalue weighted by Crippen LogP contribution is -2.72. The van der Waals surface area contributed by atoms with Crippen LogP contribution in [0.2, 0.25) is 0 Å². The third-order valence-electron chi connectivity index (χ3n) is 5.93. The van der Waals surface area contributed by atoms with E-state index in [9.17, 15) is 4.79 Å². The lowest BCUT2D eigenvalue weighted by atomic mass is 9.46. The van der Waals surface area contributed by atoms with Crippen LogP contribution in [0.3, 0.4) is 0 Å². The van der Waals surface area contributed by atoms with Gasteiger partial charge < -0.3 is 19.9 Å². The van der Waals surface area contributed by atoms with Crippen LogP contribution in [-0.4, -0.2) is 29.9 Å². The lowest BCUT2D eigenvalue weighted by Gasteiger charge is -2.63. The summed E-state index contributed by atoms with van der Waals surface area (Å²) >= 11 is 0. The number of rotatable bonds is 3. The van der Waals surface area contributed by atoms with Crippen molar-refractivity contribution in [2.24, 2.45) is 11.3 Å². The molecule has 6 nitrogen and oxygen atoms in total. The van der Waals surface area contributed by atoms with Gasteiger partial charge in [0, 0.05) is 36.1 Å². The number of fused-ring (bicyclic) bond motifs is 2. The number of amides is 2. The van der Waals surface area contributed by atoms with Crippen LogP contribution in [0.5, 0.6) is 0 Å². The molecule has 0 aromatic carbocycles. The molecule has 3 atom stereocenters. The summed E-state index contributed by atoms with van der Waals surface area (Å²) in [5.74, 6) is 1.27. The number of carbonyl (C=O) groups excluding carboxylic acids is 1. The van der Waals surface area contributed by atoms with Crippen LogP contribution >= 0.6 is 0 Å². The molecule has 22 heavy (non-hydrogen) atoms. The molecule has 120 valence electrons. The van der Waals surface area contributed by atoms with Crippen LogP contribution in [0, 0.1) is 25.2 Å². The molecular weight excluding hydrogens is 282 g/mol. The Morgan fingerprint density at radius 1 is 1.41 bits per heavy atom. The smallest absolute Gasteiger partial charge is 0.315 e. The number of nitrogens with zero attached hydrogens (tertiary/aromatic N) is 1. The minimum absolute atomic E-state index is 0.0957. The van der Waals surface area contributed by atoms with Crippen LogP contribution in [0.25, 0.3) is 0 Å². The van der Waals surface area contributed by atoms with Gasteiger partial charge in [-0.05, 0) is 33.1 Å². The zero-order valence-electron chi connectivity index (χ0n) is 13.1. The number of aromatic nitrogens is 1. The highest BCUT2D eigenvalue weighted by molar-refractivity contribution is 5.74. The number of urea groups is 1. The topological polar surface area (TPSA) is 76.4 Å². The van der Waals surface area contributed by atoms with E-state index in [1.54, 1.807) is 0 Å². The van der Waals surface area contributed by atoms with Crippen LogP contribution in [0.4, 0.5) is 4.79 Å². The van der Waals surface area contributed by atoms with Gasteiger partial charge in [-0.1, -0.05) is 11.6 Å². The van der Waals surface area contributed by atoms with Gasteiger partial charge in [-0.15, -0.1) is 0 Å². The zero-order chi connectivity index (χ0) is 15.3. The van der Waals surface area contributed by atoms with Crippen molar-refractivity contribution >= 4 is 6.03 Å². The van der Waals surface area contributed by atoms with E-state index >= 15 is 0 Å². The summed E-state index contributed by atoms with van der Waals surface area (Å²) in [6.07, 6.45) is 5.08. The van der Waals surface area contributed by atoms with Gasteiger partial charge in [-0.2, -0.15) is 0 Å². The monoisotopic (exact) mass is 305 g/mol. The maximum absolute atomic E-state index is 12.3. The molecule has 2 saturated carbocycles. The Kier molecular flexibility index (Phi) is 3.18. The summed E-state index contributed by atoms with van der Waals surface area (Å²) in [6.45, 7) is 5.05. The molecule has 3 fully saturated rings. The van der Waals surface area contributed by atoms with Crippen molar-refractivity contribution in [3.63, 3.8) is 0 Å². The van der Waals surface area contributed by atoms with Gasteiger partial charge in [-0.25, -0.2) is 4.79 Å². The minimum Gasteiger partial charge on any atom is -0.377 e. The molecule has 0 radical (unpaired) electrons. The third-order valence-corrected chi connectivity index (χ3v) is 5.93. The molecule has 3 unspecified atom stereocenters. The fraction of sp³-hybridized carbons (Fsp3) is 0.750. The number of aryl methyl sites for hydroxylation is 2. The van der Waals surface area contributed by atoms with Crippen molar-refractivity contribution in [3.8, 4) is 0 Å². The molecule has 4 rings (SSSR count). The molecule has 2 amide bonds. The summed E-state index contributed by atoms with van der Waals surface area (Å²) in [4.78, 5) is 12.3. The third kappa shape index (κ3) is 1.89. The quantitative estimate of drug-likeness (QED) is 0.896. The number of nitrogens with one attached hydrogen (secondary N) is 2. The normalized spacial score (nSPS) is 31.3. The van der Waals surface area contributed by atoms with E-state index in [1.807, 2.05) is 13.8 Å². The fourth-order valence-corrected chi connectivity index (χ4v) is 4.57. The number of carbonyl (C=O) groups is 1. The summed E-state index contributed by atoms with van der Waals surface area (Å²) in [5.41, 5.74) is 2.02. The van der Waals surface area contributed by atoms with Crippen LogP contribution < -0.4 is 10.6 Å². The molecule has 1 spiro atoms. The van der Waals surface area contributed by atoms with E-state index in [-0.39, 0.29) is 17.5 Å². The largest absolute Gasteiger partial charge is 0.377 e. The maximum atomic E-state index is 12.3. The predicted molar refractivity (Wildman–Crippen MR) is 79.3 cm³/mol. The molecule has 1 aromatic heterocycles. The molecule has 2 N–H and O–H groups in total. The van der Waals surface area contributed by atoms with E-state index in [2.05, 4.69) is 15.8 Å². The predicted octanol–water partition coefficient (Wildman–Crippen LogP) is 2.05. The van der Waals surface area contributed by atoms with Gasteiger partial charge in [-0.3, -0.25) is 0 Å². The highest BCUT2D eigenvalue weighted by Gasteiger charge is 2.66. The molecule has 0 bridgehead atoms. The Bertz CT molecular complexity index is 574. The Morgan fingerprint density at radius 3 is 2.86 bits per heavy atom. The molecule has 1 saturated heterocycles. The number of ether oxygens (including phenoxy) is 1. The molecule has 2 aliphatic carbocycles. The molecule has 2 heterocycles. The van der Waals surface area contributed by atoms with E-state index in [1.165, 1.54) is 19.3 Å². The molecule has 6 heteroatoms. The van der Waals surface area contributed by atoms with Gasteiger partial charge in [0.25, 0.3) is 0 Å². The van der Waals surface area contributed by atoms with E-state index < -0.39 is 0 Å². The average Bonchev–Trinajstić information content (AvgIpc) is 2.99. The summed E-state index contributed by atoms with van der Waals surface area (Å²) < 4.78 is 11.0. The lowest BCUT2D eigenvalue weighted by molar-refractivity contribution is -0.172. The highest BCUT2D eigenvalue weighted by Crippen LogP contribution is 2.62. The summed E-state index contributed by atoms with van der Waals surface area (Å²) in [6, 6.07) is 0.181. The average molecular weight is 305 g/mol. The van der Waals surface area contributed by atoms with Gasteiger partial charge >= 0.3 is 6.03 Å². The fourth-order valence-electron chi connectivity index (χ4n) is 4.57.